The lowest BCUT2D eigenvalue weighted by Gasteiger charge is -2.10. The molecule has 0 aliphatic carbocycles. The number of ether oxygens (including phenoxy) is 2. The van der Waals surface area contributed by atoms with Gasteiger partial charge in [0.25, 0.3) is 0 Å². The fraction of sp³-hybridized carbons (Fsp3) is 0.227. The second-order valence-corrected chi connectivity index (χ2v) is 6.13. The van der Waals surface area contributed by atoms with E-state index in [-0.39, 0.29) is 18.9 Å². The highest BCUT2D eigenvalue weighted by Crippen LogP contribution is 2.26. The molecule has 0 saturated carbocycles. The van der Waals surface area contributed by atoms with Crippen LogP contribution >= 0.6 is 0 Å². The molecule has 1 aromatic heterocycles. The highest BCUT2D eigenvalue weighted by atomic mass is 16.6. The van der Waals surface area contributed by atoms with Crippen LogP contribution in [0.3, 0.4) is 0 Å². The van der Waals surface area contributed by atoms with Gasteiger partial charge in [-0.1, -0.05) is 30.3 Å². The van der Waals surface area contributed by atoms with Gasteiger partial charge in [0, 0.05) is 5.39 Å². The van der Waals surface area contributed by atoms with Crippen molar-refractivity contribution in [3.63, 3.8) is 0 Å². The first kappa shape index (κ1) is 20.1. The Bertz CT molecular complexity index is 1110. The molecule has 0 amide bonds. The summed E-state index contributed by atoms with van der Waals surface area (Å²) in [4.78, 5) is 36.3. The fourth-order valence-electron chi connectivity index (χ4n) is 2.92. The van der Waals surface area contributed by atoms with Crippen molar-refractivity contribution in [1.82, 2.24) is 0 Å². The van der Waals surface area contributed by atoms with Gasteiger partial charge in [0.2, 0.25) is 0 Å². The molecular weight excluding hydrogens is 374 g/mol. The van der Waals surface area contributed by atoms with Gasteiger partial charge in [-0.3, -0.25) is 9.59 Å². The van der Waals surface area contributed by atoms with Gasteiger partial charge in [-0.25, -0.2) is 4.79 Å². The molecule has 0 fully saturated rings. The van der Waals surface area contributed by atoms with Gasteiger partial charge in [0.05, 0.1) is 13.2 Å². The minimum absolute atomic E-state index is 0.136. The van der Waals surface area contributed by atoms with Crippen molar-refractivity contribution in [3.05, 3.63) is 65.2 Å². The molecule has 1 N–H and O–H groups in total. The number of fused-ring (bicyclic) bond motifs is 3. The van der Waals surface area contributed by atoms with Crippen molar-refractivity contribution < 1.29 is 23.5 Å². The third-order valence-electron chi connectivity index (χ3n) is 4.25. The summed E-state index contributed by atoms with van der Waals surface area (Å²) in [5.41, 5.74) is 0.0805. The normalized spacial score (nSPS) is 11.3. The molecule has 0 spiro atoms. The average molecular weight is 395 g/mol. The molecule has 29 heavy (non-hydrogen) atoms. The van der Waals surface area contributed by atoms with E-state index in [2.05, 4.69) is 5.32 Å². The van der Waals surface area contributed by atoms with Crippen LogP contribution in [0.5, 0.6) is 0 Å². The van der Waals surface area contributed by atoms with Gasteiger partial charge in [0.1, 0.15) is 11.3 Å². The summed E-state index contributed by atoms with van der Waals surface area (Å²) in [6.07, 6.45) is 2.63. The number of benzene rings is 2. The summed E-state index contributed by atoms with van der Waals surface area (Å²) >= 11 is 0. The third-order valence-corrected chi connectivity index (χ3v) is 4.25. The van der Waals surface area contributed by atoms with Crippen molar-refractivity contribution in [1.29, 1.82) is 0 Å². The van der Waals surface area contributed by atoms with Crippen LogP contribution in [-0.4, -0.2) is 25.2 Å². The molecule has 1 heterocycles. The summed E-state index contributed by atoms with van der Waals surface area (Å²) in [7, 11) is 0. The molecule has 0 unspecified atom stereocenters. The van der Waals surface area contributed by atoms with Crippen LogP contribution in [0.2, 0.25) is 0 Å². The summed E-state index contributed by atoms with van der Waals surface area (Å²) in [5, 5.41) is 5.52. The van der Waals surface area contributed by atoms with Gasteiger partial charge in [0.15, 0.2) is 5.92 Å². The second kappa shape index (κ2) is 9.05. The predicted octanol–water partition coefficient (Wildman–Crippen LogP) is 3.61. The zero-order chi connectivity index (χ0) is 20.8. The van der Waals surface area contributed by atoms with E-state index in [9.17, 15) is 14.4 Å². The fourth-order valence-corrected chi connectivity index (χ4v) is 2.92. The van der Waals surface area contributed by atoms with Crippen LogP contribution in [0.25, 0.3) is 21.7 Å². The van der Waals surface area contributed by atoms with Gasteiger partial charge >= 0.3 is 17.6 Å². The maximum absolute atomic E-state index is 12.3. The van der Waals surface area contributed by atoms with Gasteiger partial charge in [-0.15, -0.1) is 0 Å². The molecular formula is C22H21NO6. The first-order valence-electron chi connectivity index (χ1n) is 9.27. The second-order valence-electron chi connectivity index (χ2n) is 6.13. The number of esters is 2. The molecule has 3 rings (SSSR count). The molecule has 0 saturated heterocycles. The number of rotatable bonds is 7. The Morgan fingerprint density at radius 1 is 1.03 bits per heavy atom. The summed E-state index contributed by atoms with van der Waals surface area (Å²) in [6.45, 7) is 3.56. The minimum atomic E-state index is -1.23. The van der Waals surface area contributed by atoms with E-state index in [4.69, 9.17) is 13.9 Å². The smallest absolute Gasteiger partial charge is 0.360 e. The Morgan fingerprint density at radius 3 is 2.41 bits per heavy atom. The highest BCUT2D eigenvalue weighted by Gasteiger charge is 2.26. The van der Waals surface area contributed by atoms with E-state index in [0.717, 1.165) is 16.2 Å². The minimum Gasteiger partial charge on any atom is -0.465 e. The number of carbonyl (C=O) groups excluding carboxylic acids is 2. The number of hydrogen-bond acceptors (Lipinski definition) is 7. The van der Waals surface area contributed by atoms with Gasteiger partial charge < -0.3 is 19.2 Å². The number of anilines is 1. The quantitative estimate of drug-likeness (QED) is 0.283. The van der Waals surface area contributed by atoms with Crippen LogP contribution in [0.4, 0.5) is 5.69 Å². The lowest BCUT2D eigenvalue weighted by molar-refractivity contribution is -0.158. The molecule has 2 aromatic carbocycles. The number of hydrogen-bond donors (Lipinski definition) is 1. The van der Waals surface area contributed by atoms with Crippen molar-refractivity contribution in [2.45, 2.75) is 13.8 Å². The van der Waals surface area contributed by atoms with Crippen molar-refractivity contribution >= 4 is 39.4 Å². The van der Waals surface area contributed by atoms with Crippen LogP contribution in [0.15, 0.2) is 64.0 Å². The molecule has 0 atom stereocenters. The molecule has 7 nitrogen and oxygen atoms in total. The Hall–Kier alpha value is -3.61. The third kappa shape index (κ3) is 4.45. The van der Waals surface area contributed by atoms with E-state index in [1.165, 1.54) is 12.3 Å². The van der Waals surface area contributed by atoms with E-state index >= 15 is 0 Å². The zero-order valence-electron chi connectivity index (χ0n) is 16.1. The monoisotopic (exact) mass is 395 g/mol. The molecule has 3 aromatic rings. The number of nitrogens with one attached hydrogen (secondary N) is 1. The molecule has 7 heteroatoms. The maximum Gasteiger partial charge on any atom is 0.360 e. The van der Waals surface area contributed by atoms with Crippen LogP contribution in [0, 0.1) is 5.92 Å². The van der Waals surface area contributed by atoms with Crippen LogP contribution in [0.1, 0.15) is 13.8 Å². The zero-order valence-corrected chi connectivity index (χ0v) is 16.1. The molecule has 150 valence electrons. The Morgan fingerprint density at radius 2 is 1.72 bits per heavy atom. The Balaban J connectivity index is 1.91. The number of carbonyl (C=O) groups is 2. The Kier molecular flexibility index (Phi) is 6.29. The Labute approximate surface area is 166 Å². The van der Waals surface area contributed by atoms with E-state index in [1.54, 1.807) is 26.0 Å². The van der Waals surface area contributed by atoms with Crippen LogP contribution < -0.4 is 10.9 Å². The standard InChI is InChI=1S/C22H21NO6/c1-3-27-20(24)16(21(25)28-4-2)11-12-23-18-13-17-15-8-6-5-7-14(15)9-10-19(17)29-22(18)26/h5-13,16,23H,3-4H2,1-2H3/b12-11+. The summed E-state index contributed by atoms with van der Waals surface area (Å²) in [5.74, 6) is -2.67. The molecule has 0 bridgehead atoms. The molecule has 0 radical (unpaired) electrons. The lowest BCUT2D eigenvalue weighted by Crippen LogP contribution is -2.26. The topological polar surface area (TPSA) is 94.8 Å². The molecule has 0 aliphatic rings. The first-order valence-corrected chi connectivity index (χ1v) is 9.27. The SMILES string of the molecule is CCOC(=O)C(/C=C/Nc1cc2c(ccc3ccccc32)oc1=O)C(=O)OCC. The van der Waals surface area contributed by atoms with Gasteiger partial charge in [-0.2, -0.15) is 0 Å². The summed E-state index contributed by atoms with van der Waals surface area (Å²) in [6, 6.07) is 13.1. The summed E-state index contributed by atoms with van der Waals surface area (Å²) < 4.78 is 15.2. The maximum atomic E-state index is 12.3. The van der Waals surface area contributed by atoms with Gasteiger partial charge in [-0.05, 0) is 49.0 Å². The highest BCUT2D eigenvalue weighted by molar-refractivity contribution is 6.06. The largest absolute Gasteiger partial charge is 0.465 e. The van der Waals surface area contributed by atoms with E-state index < -0.39 is 23.5 Å². The van der Waals surface area contributed by atoms with Crippen molar-refractivity contribution in [2.75, 3.05) is 18.5 Å². The predicted molar refractivity (Wildman–Crippen MR) is 110 cm³/mol. The lowest BCUT2D eigenvalue weighted by atomic mass is 10.1. The van der Waals surface area contributed by atoms with E-state index in [0.29, 0.717) is 5.58 Å². The average Bonchev–Trinajstić information content (AvgIpc) is 2.71. The molecule has 0 aliphatic heterocycles. The van der Waals surface area contributed by atoms with E-state index in [1.807, 2.05) is 30.3 Å². The van der Waals surface area contributed by atoms with Crippen LogP contribution in [-0.2, 0) is 19.1 Å². The first-order chi connectivity index (χ1) is 14.0. The van der Waals surface area contributed by atoms with Crippen molar-refractivity contribution in [2.24, 2.45) is 5.92 Å². The van der Waals surface area contributed by atoms with Crippen molar-refractivity contribution in [3.8, 4) is 0 Å².